The molecule has 72 valence electrons. The van der Waals surface area contributed by atoms with E-state index < -0.39 is 0 Å². The molecule has 0 aromatic heterocycles. The van der Waals surface area contributed by atoms with Crippen molar-refractivity contribution in [2.75, 3.05) is 20.6 Å². The van der Waals surface area contributed by atoms with Crippen LogP contribution in [0.1, 0.15) is 20.8 Å². The number of amides is 2. The summed E-state index contributed by atoms with van der Waals surface area (Å²) in [6.45, 7) is 5.65. The highest BCUT2D eigenvalue weighted by atomic mass is 16.2. The number of nitrogens with one attached hydrogen (secondary N) is 1. The van der Waals surface area contributed by atoms with Gasteiger partial charge in [0.05, 0.1) is 0 Å². The number of hydrogen-bond donors (Lipinski definition) is 1. The second kappa shape index (κ2) is 8.04. The van der Waals surface area contributed by atoms with E-state index in [-0.39, 0.29) is 11.8 Å². The van der Waals surface area contributed by atoms with Gasteiger partial charge in [0.1, 0.15) is 0 Å². The van der Waals surface area contributed by atoms with Crippen molar-refractivity contribution in [1.82, 2.24) is 10.2 Å². The quantitative estimate of drug-likeness (QED) is 0.619. The van der Waals surface area contributed by atoms with Gasteiger partial charge in [-0.15, -0.1) is 0 Å². The van der Waals surface area contributed by atoms with E-state index in [1.165, 1.54) is 18.7 Å². The summed E-state index contributed by atoms with van der Waals surface area (Å²) in [5, 5.41) is 2.57. The van der Waals surface area contributed by atoms with Crippen LogP contribution >= 0.6 is 0 Å². The van der Waals surface area contributed by atoms with Gasteiger partial charge in [-0.25, -0.2) is 0 Å². The average Bonchev–Trinajstić information content (AvgIpc) is 1.87. The Morgan fingerprint density at radius 1 is 1.25 bits per heavy atom. The third-order valence-corrected chi connectivity index (χ3v) is 1.06. The molecule has 0 radical (unpaired) electrons. The molecule has 0 aliphatic rings. The molecule has 2 amide bonds. The molecule has 0 saturated carbocycles. The van der Waals surface area contributed by atoms with Gasteiger partial charge in [0, 0.05) is 34.5 Å². The molecule has 4 heteroatoms. The topological polar surface area (TPSA) is 49.4 Å². The average molecular weight is 174 g/mol. The Kier molecular flexibility index (Phi) is 9.06. The van der Waals surface area contributed by atoms with Crippen molar-refractivity contribution in [3.8, 4) is 0 Å². The zero-order valence-corrected chi connectivity index (χ0v) is 8.47. The molecular weight excluding hydrogens is 156 g/mol. The van der Waals surface area contributed by atoms with Crippen LogP contribution in [0.3, 0.4) is 0 Å². The highest BCUT2D eigenvalue weighted by molar-refractivity contribution is 5.72. The van der Waals surface area contributed by atoms with Crippen molar-refractivity contribution < 1.29 is 9.59 Å². The van der Waals surface area contributed by atoms with Gasteiger partial charge in [0.25, 0.3) is 0 Å². The summed E-state index contributed by atoms with van der Waals surface area (Å²) in [6, 6.07) is 0. The van der Waals surface area contributed by atoms with Crippen LogP contribution in [0.4, 0.5) is 0 Å². The molecule has 0 aliphatic heterocycles. The molecule has 0 aliphatic carbocycles. The summed E-state index contributed by atoms with van der Waals surface area (Å²) in [4.78, 5) is 21.5. The van der Waals surface area contributed by atoms with Crippen LogP contribution < -0.4 is 5.32 Å². The Morgan fingerprint density at radius 3 is 1.58 bits per heavy atom. The predicted molar refractivity (Wildman–Crippen MR) is 48.7 cm³/mol. The van der Waals surface area contributed by atoms with Crippen LogP contribution in [0.2, 0.25) is 0 Å². The molecule has 0 atom stereocenters. The van der Waals surface area contributed by atoms with Crippen LogP contribution in [0.25, 0.3) is 0 Å². The normalized spacial score (nSPS) is 7.75. The van der Waals surface area contributed by atoms with Crippen LogP contribution in [-0.4, -0.2) is 37.4 Å². The molecule has 12 heavy (non-hydrogen) atoms. The van der Waals surface area contributed by atoms with E-state index in [1.54, 1.807) is 14.1 Å². The molecule has 0 heterocycles. The fourth-order valence-corrected chi connectivity index (χ4v) is 0.249. The van der Waals surface area contributed by atoms with Crippen molar-refractivity contribution >= 4 is 11.8 Å². The Labute approximate surface area is 73.9 Å². The minimum Gasteiger partial charge on any atom is -0.357 e. The standard InChI is InChI=1S/2C4H9NO/c1-4(6)5(2)3;1-3-5-4(2)6/h1-3H3;3H2,1-2H3,(H,5,6). The summed E-state index contributed by atoms with van der Waals surface area (Å²) in [7, 11) is 3.45. The van der Waals surface area contributed by atoms with Gasteiger partial charge >= 0.3 is 0 Å². The maximum atomic E-state index is 10.1. The van der Waals surface area contributed by atoms with Crippen LogP contribution in [0.5, 0.6) is 0 Å². The second-order valence-corrected chi connectivity index (χ2v) is 2.50. The molecule has 0 spiro atoms. The predicted octanol–water partition coefficient (Wildman–Crippen LogP) is 0.237. The first-order valence-electron chi connectivity index (χ1n) is 3.84. The number of carbonyl (C=O) groups excluding carboxylic acids is 2. The lowest BCUT2D eigenvalue weighted by molar-refractivity contribution is -0.126. The highest BCUT2D eigenvalue weighted by Gasteiger charge is 1.87. The van der Waals surface area contributed by atoms with Crippen LogP contribution in [-0.2, 0) is 9.59 Å². The van der Waals surface area contributed by atoms with Gasteiger partial charge in [-0.1, -0.05) is 0 Å². The van der Waals surface area contributed by atoms with Crippen molar-refractivity contribution in [2.45, 2.75) is 20.8 Å². The number of rotatable bonds is 1. The number of carbonyl (C=O) groups is 2. The van der Waals surface area contributed by atoms with Crippen molar-refractivity contribution in [1.29, 1.82) is 0 Å². The smallest absolute Gasteiger partial charge is 0.218 e. The van der Waals surface area contributed by atoms with E-state index >= 15 is 0 Å². The lowest BCUT2D eigenvalue weighted by Gasteiger charge is -2.02. The van der Waals surface area contributed by atoms with Crippen LogP contribution in [0.15, 0.2) is 0 Å². The van der Waals surface area contributed by atoms with Gasteiger partial charge in [0.15, 0.2) is 0 Å². The fraction of sp³-hybridized carbons (Fsp3) is 0.750. The molecule has 4 nitrogen and oxygen atoms in total. The Balaban J connectivity index is 0. The van der Waals surface area contributed by atoms with Crippen molar-refractivity contribution in [3.05, 3.63) is 0 Å². The first-order valence-corrected chi connectivity index (χ1v) is 3.84. The van der Waals surface area contributed by atoms with E-state index in [0.717, 1.165) is 6.54 Å². The highest BCUT2D eigenvalue weighted by Crippen LogP contribution is 1.69. The summed E-state index contributed by atoms with van der Waals surface area (Å²) in [5.41, 5.74) is 0. The van der Waals surface area contributed by atoms with Gasteiger partial charge in [-0.2, -0.15) is 0 Å². The minimum absolute atomic E-state index is 0.0394. The SMILES string of the molecule is CC(=O)N(C)C.CCNC(C)=O. The van der Waals surface area contributed by atoms with E-state index in [2.05, 4.69) is 5.32 Å². The number of nitrogens with zero attached hydrogens (tertiary/aromatic N) is 1. The lowest BCUT2D eigenvalue weighted by Crippen LogP contribution is -2.18. The van der Waals surface area contributed by atoms with Crippen LogP contribution in [0, 0.1) is 0 Å². The first-order chi connectivity index (χ1) is 5.41. The van der Waals surface area contributed by atoms with E-state index in [4.69, 9.17) is 0 Å². The summed E-state index contributed by atoms with van der Waals surface area (Å²) >= 11 is 0. The second-order valence-electron chi connectivity index (χ2n) is 2.50. The Hall–Kier alpha value is -1.06. The molecule has 0 aromatic rings. The summed E-state index contributed by atoms with van der Waals surface area (Å²) < 4.78 is 0. The third kappa shape index (κ3) is 16.0. The van der Waals surface area contributed by atoms with Gasteiger partial charge in [0.2, 0.25) is 11.8 Å². The summed E-state index contributed by atoms with van der Waals surface area (Å²) in [5.74, 6) is 0.132. The fourth-order valence-electron chi connectivity index (χ4n) is 0.249. The van der Waals surface area contributed by atoms with Gasteiger partial charge in [-0.05, 0) is 6.92 Å². The molecule has 0 rings (SSSR count). The zero-order chi connectivity index (χ0) is 10.1. The molecule has 0 bridgehead atoms. The Morgan fingerprint density at radius 2 is 1.58 bits per heavy atom. The maximum Gasteiger partial charge on any atom is 0.218 e. The summed E-state index contributed by atoms with van der Waals surface area (Å²) in [6.07, 6.45) is 0. The lowest BCUT2D eigenvalue weighted by atomic mass is 10.6. The molecule has 0 aromatic carbocycles. The third-order valence-electron chi connectivity index (χ3n) is 1.06. The molecule has 1 N–H and O–H groups in total. The number of hydrogen-bond acceptors (Lipinski definition) is 2. The Bertz CT molecular complexity index is 144. The van der Waals surface area contributed by atoms with Crippen molar-refractivity contribution in [2.24, 2.45) is 0 Å². The molecule has 0 unspecified atom stereocenters. The molecular formula is C8H18N2O2. The largest absolute Gasteiger partial charge is 0.357 e. The molecule has 0 saturated heterocycles. The van der Waals surface area contributed by atoms with E-state index in [9.17, 15) is 9.59 Å². The van der Waals surface area contributed by atoms with Gasteiger partial charge in [-0.3, -0.25) is 9.59 Å². The van der Waals surface area contributed by atoms with Crippen molar-refractivity contribution in [3.63, 3.8) is 0 Å². The zero-order valence-electron chi connectivity index (χ0n) is 8.47. The van der Waals surface area contributed by atoms with Gasteiger partial charge < -0.3 is 10.2 Å². The van der Waals surface area contributed by atoms with E-state index in [1.807, 2.05) is 6.92 Å². The molecule has 0 fully saturated rings. The van der Waals surface area contributed by atoms with E-state index in [0.29, 0.717) is 0 Å². The minimum atomic E-state index is 0.0394. The maximum absolute atomic E-state index is 10.1. The monoisotopic (exact) mass is 174 g/mol. The first kappa shape index (κ1) is 13.5.